The van der Waals surface area contributed by atoms with E-state index in [1.54, 1.807) is 23.0 Å². The van der Waals surface area contributed by atoms with Crippen molar-refractivity contribution in [2.45, 2.75) is 19.8 Å². The number of nitrogens with zero attached hydrogens (tertiary/aromatic N) is 4. The van der Waals surface area contributed by atoms with Gasteiger partial charge in [-0.25, -0.2) is 4.98 Å². The molecule has 0 fully saturated rings. The SMILES string of the molecule is C=Cn1c2c(c3ccc(-n4ccc(-c5ccc(C)nc5)cc4=O)nc31)CCNCC2. The van der Waals surface area contributed by atoms with E-state index in [1.165, 1.54) is 11.3 Å². The number of pyridine rings is 3. The molecule has 1 aliphatic heterocycles. The Morgan fingerprint density at radius 3 is 2.73 bits per heavy atom. The molecule has 0 aliphatic carbocycles. The fourth-order valence-electron chi connectivity index (χ4n) is 4.20. The minimum Gasteiger partial charge on any atom is -0.316 e. The van der Waals surface area contributed by atoms with Gasteiger partial charge in [0.05, 0.1) is 0 Å². The largest absolute Gasteiger partial charge is 0.316 e. The summed E-state index contributed by atoms with van der Waals surface area (Å²) in [4.78, 5) is 22.0. The van der Waals surface area contributed by atoms with Crippen molar-refractivity contribution in [3.63, 3.8) is 0 Å². The van der Waals surface area contributed by atoms with Gasteiger partial charge < -0.3 is 9.88 Å². The molecule has 0 amide bonds. The van der Waals surface area contributed by atoms with Crippen LogP contribution in [0.2, 0.25) is 0 Å². The molecule has 6 heteroatoms. The number of fused-ring (bicyclic) bond motifs is 3. The second kappa shape index (κ2) is 7.39. The molecule has 0 saturated carbocycles. The fraction of sp³-hybridized carbons (Fsp3) is 0.208. The Morgan fingerprint density at radius 2 is 1.97 bits per heavy atom. The number of hydrogen-bond donors (Lipinski definition) is 1. The van der Waals surface area contributed by atoms with Crippen LogP contribution in [0.15, 0.2) is 60.2 Å². The minimum atomic E-state index is -0.123. The zero-order valence-electron chi connectivity index (χ0n) is 16.9. The fourth-order valence-corrected chi connectivity index (χ4v) is 4.20. The average molecular weight is 397 g/mol. The second-order valence-corrected chi connectivity index (χ2v) is 7.58. The first-order valence-electron chi connectivity index (χ1n) is 10.2. The molecule has 0 radical (unpaired) electrons. The molecule has 1 N–H and O–H groups in total. The normalized spacial score (nSPS) is 13.8. The molecule has 1 aliphatic rings. The summed E-state index contributed by atoms with van der Waals surface area (Å²) in [6, 6.07) is 11.5. The molecule has 4 aromatic rings. The summed E-state index contributed by atoms with van der Waals surface area (Å²) in [5.41, 5.74) is 6.02. The van der Waals surface area contributed by atoms with Gasteiger partial charge in [-0.15, -0.1) is 0 Å². The maximum Gasteiger partial charge on any atom is 0.256 e. The summed E-state index contributed by atoms with van der Waals surface area (Å²) in [7, 11) is 0. The van der Waals surface area contributed by atoms with Gasteiger partial charge in [-0.05, 0) is 55.3 Å². The van der Waals surface area contributed by atoms with Crippen molar-refractivity contribution in [2.75, 3.05) is 13.1 Å². The summed E-state index contributed by atoms with van der Waals surface area (Å²) < 4.78 is 3.65. The lowest BCUT2D eigenvalue weighted by atomic mass is 10.1. The average Bonchev–Trinajstić information content (AvgIpc) is 2.89. The van der Waals surface area contributed by atoms with Gasteiger partial charge in [0.15, 0.2) is 0 Å². The Hall–Kier alpha value is -3.51. The molecule has 5 heterocycles. The molecule has 0 saturated heterocycles. The molecule has 0 unspecified atom stereocenters. The zero-order chi connectivity index (χ0) is 20.7. The molecule has 5 rings (SSSR count). The number of nitrogens with one attached hydrogen (secondary N) is 1. The van der Waals surface area contributed by atoms with Gasteiger partial charge in [0, 0.05) is 60.0 Å². The van der Waals surface area contributed by atoms with Crippen LogP contribution >= 0.6 is 0 Å². The topological polar surface area (TPSA) is 64.7 Å². The highest BCUT2D eigenvalue weighted by Crippen LogP contribution is 2.28. The Balaban J connectivity index is 1.60. The second-order valence-electron chi connectivity index (χ2n) is 7.58. The van der Waals surface area contributed by atoms with Crippen LogP contribution in [0.1, 0.15) is 17.0 Å². The van der Waals surface area contributed by atoms with Crippen molar-refractivity contribution < 1.29 is 0 Å². The molecule has 30 heavy (non-hydrogen) atoms. The van der Waals surface area contributed by atoms with Gasteiger partial charge in [-0.2, -0.15) is 0 Å². The quantitative estimate of drug-likeness (QED) is 0.576. The van der Waals surface area contributed by atoms with Gasteiger partial charge in [0.1, 0.15) is 11.5 Å². The maximum atomic E-state index is 12.9. The molecule has 150 valence electrons. The number of aromatic nitrogens is 4. The lowest BCUT2D eigenvalue weighted by Gasteiger charge is -2.08. The highest BCUT2D eigenvalue weighted by molar-refractivity contribution is 5.85. The lowest BCUT2D eigenvalue weighted by molar-refractivity contribution is 0.705. The highest BCUT2D eigenvalue weighted by atomic mass is 16.1. The molecule has 0 bridgehead atoms. The molecule has 4 aromatic heterocycles. The van der Waals surface area contributed by atoms with Crippen LogP contribution in [-0.4, -0.2) is 32.2 Å². The van der Waals surface area contributed by atoms with E-state index in [0.717, 1.165) is 53.8 Å². The molecule has 0 spiro atoms. The van der Waals surface area contributed by atoms with Gasteiger partial charge in [0.25, 0.3) is 5.56 Å². The zero-order valence-corrected chi connectivity index (χ0v) is 16.9. The maximum absolute atomic E-state index is 12.9. The first-order valence-corrected chi connectivity index (χ1v) is 10.2. The predicted octanol–water partition coefficient (Wildman–Crippen LogP) is 3.35. The van der Waals surface area contributed by atoms with Crippen LogP contribution in [0, 0.1) is 6.92 Å². The molecular formula is C24H23N5O. The summed E-state index contributed by atoms with van der Waals surface area (Å²) in [5.74, 6) is 0.606. The summed E-state index contributed by atoms with van der Waals surface area (Å²) >= 11 is 0. The van der Waals surface area contributed by atoms with Crippen LogP contribution in [0.3, 0.4) is 0 Å². The van der Waals surface area contributed by atoms with Gasteiger partial charge in [-0.3, -0.25) is 14.3 Å². The van der Waals surface area contributed by atoms with Crippen LogP contribution in [0.4, 0.5) is 0 Å². The molecular weight excluding hydrogens is 374 g/mol. The Labute approximate surface area is 174 Å². The van der Waals surface area contributed by atoms with Crippen LogP contribution in [-0.2, 0) is 12.8 Å². The van der Waals surface area contributed by atoms with Crippen LogP contribution in [0.5, 0.6) is 0 Å². The van der Waals surface area contributed by atoms with E-state index in [0.29, 0.717) is 5.82 Å². The van der Waals surface area contributed by atoms with E-state index in [2.05, 4.69) is 27.5 Å². The summed E-state index contributed by atoms with van der Waals surface area (Å²) in [6.07, 6.45) is 7.29. The number of aryl methyl sites for hydroxylation is 1. The molecule has 0 aromatic carbocycles. The third kappa shape index (κ3) is 3.06. The highest BCUT2D eigenvalue weighted by Gasteiger charge is 2.19. The van der Waals surface area contributed by atoms with E-state index >= 15 is 0 Å². The monoisotopic (exact) mass is 397 g/mol. The lowest BCUT2D eigenvalue weighted by Crippen LogP contribution is -2.18. The summed E-state index contributed by atoms with van der Waals surface area (Å²) in [6.45, 7) is 7.84. The first kappa shape index (κ1) is 18.5. The molecule has 0 atom stereocenters. The van der Waals surface area contributed by atoms with Crippen molar-refractivity contribution in [2.24, 2.45) is 0 Å². The van der Waals surface area contributed by atoms with Crippen LogP contribution < -0.4 is 10.9 Å². The van der Waals surface area contributed by atoms with Crippen molar-refractivity contribution in [1.82, 2.24) is 24.4 Å². The first-order chi connectivity index (χ1) is 14.7. The van der Waals surface area contributed by atoms with Crippen LogP contribution in [0.25, 0.3) is 34.2 Å². The number of hydrogen-bond acceptors (Lipinski definition) is 4. The Morgan fingerprint density at radius 1 is 1.10 bits per heavy atom. The number of rotatable bonds is 3. The smallest absolute Gasteiger partial charge is 0.256 e. The predicted molar refractivity (Wildman–Crippen MR) is 120 cm³/mol. The van der Waals surface area contributed by atoms with E-state index in [9.17, 15) is 4.79 Å². The van der Waals surface area contributed by atoms with Crippen molar-refractivity contribution in [1.29, 1.82) is 0 Å². The third-order valence-corrected chi connectivity index (χ3v) is 5.74. The standard InChI is InChI=1S/C24H23N5O/c1-3-28-21-9-12-25-11-8-19(21)20-6-7-22(27-24(20)28)29-13-10-17(14-23(29)30)18-5-4-16(2)26-15-18/h3-7,10,13-15,25H,1,8-9,11-12H2,2H3. The van der Waals surface area contributed by atoms with E-state index in [1.807, 2.05) is 37.4 Å². The van der Waals surface area contributed by atoms with Crippen molar-refractivity contribution in [3.05, 3.63) is 82.7 Å². The molecule has 6 nitrogen and oxygen atoms in total. The van der Waals surface area contributed by atoms with Gasteiger partial charge in [0.2, 0.25) is 0 Å². The third-order valence-electron chi connectivity index (χ3n) is 5.74. The summed E-state index contributed by atoms with van der Waals surface area (Å²) in [5, 5.41) is 4.58. The van der Waals surface area contributed by atoms with E-state index in [-0.39, 0.29) is 5.56 Å². The Bertz CT molecular complexity index is 1310. The van der Waals surface area contributed by atoms with Crippen molar-refractivity contribution >= 4 is 17.2 Å². The van der Waals surface area contributed by atoms with E-state index in [4.69, 9.17) is 4.98 Å². The van der Waals surface area contributed by atoms with Gasteiger partial charge >= 0.3 is 0 Å². The minimum absolute atomic E-state index is 0.123. The van der Waals surface area contributed by atoms with Crippen molar-refractivity contribution in [3.8, 4) is 16.9 Å². The Kier molecular flexibility index (Phi) is 4.56. The van der Waals surface area contributed by atoms with E-state index < -0.39 is 0 Å². The van der Waals surface area contributed by atoms with Gasteiger partial charge in [-0.1, -0.05) is 12.6 Å².